The quantitative estimate of drug-likeness (QED) is 0.143. The largest absolute Gasteiger partial charge is 0.456 e. The van der Waals surface area contributed by atoms with Gasteiger partial charge >= 0.3 is 0 Å². The number of allylic oxidation sites excluding steroid dienone is 3. The zero-order valence-electron chi connectivity index (χ0n) is 28.0. The smallest absolute Gasteiger partial charge is 0.135 e. The van der Waals surface area contributed by atoms with Crippen molar-refractivity contribution in [2.75, 3.05) is 4.90 Å². The molecule has 0 aliphatic heterocycles. The highest BCUT2D eigenvalue weighted by atomic mass is 32.1. The van der Waals surface area contributed by atoms with E-state index >= 15 is 0 Å². The maximum atomic E-state index is 9.14. The third-order valence-corrected chi connectivity index (χ3v) is 10.1. The van der Waals surface area contributed by atoms with Crippen molar-refractivity contribution in [2.24, 2.45) is 0 Å². The Morgan fingerprint density at radius 3 is 1.88 bits per heavy atom. The second-order valence-corrected chi connectivity index (χ2v) is 13.4. The summed E-state index contributed by atoms with van der Waals surface area (Å²) in [4.78, 5) is 7.12. The summed E-state index contributed by atoms with van der Waals surface area (Å²) in [6.45, 7) is 2.08. The number of fused-ring (bicyclic) bond motifs is 2. The van der Waals surface area contributed by atoms with Crippen molar-refractivity contribution in [3.8, 4) is 39.6 Å². The highest BCUT2D eigenvalue weighted by Crippen LogP contribution is 2.36. The Balaban J connectivity index is 1.09. The van der Waals surface area contributed by atoms with Gasteiger partial charge in [-0.25, -0.2) is 4.98 Å². The molecule has 0 aliphatic carbocycles. The van der Waals surface area contributed by atoms with E-state index in [1.807, 2.05) is 48.5 Å². The predicted molar refractivity (Wildman–Crippen MR) is 212 cm³/mol. The fraction of sp³-hybridized carbons (Fsp3) is 0.0435. The van der Waals surface area contributed by atoms with E-state index in [4.69, 9.17) is 14.7 Å². The highest BCUT2D eigenvalue weighted by Gasteiger charge is 2.15. The first-order valence-electron chi connectivity index (χ1n) is 16.9. The van der Waals surface area contributed by atoms with E-state index in [0.717, 1.165) is 78.6 Å². The second kappa shape index (κ2) is 14.2. The molecule has 0 saturated carbocycles. The van der Waals surface area contributed by atoms with Gasteiger partial charge in [0.25, 0.3) is 0 Å². The van der Waals surface area contributed by atoms with Crippen LogP contribution in [0.15, 0.2) is 180 Å². The Kier molecular flexibility index (Phi) is 8.83. The number of rotatable bonds is 9. The number of anilines is 2. The minimum Gasteiger partial charge on any atom is -0.456 e. The van der Waals surface area contributed by atoms with Crippen LogP contribution in [0.5, 0.6) is 0 Å². The number of para-hydroxylation sites is 2. The first-order valence-corrected chi connectivity index (χ1v) is 17.7. The zero-order valence-corrected chi connectivity index (χ0v) is 28.8. The summed E-state index contributed by atoms with van der Waals surface area (Å²) in [5.74, 6) is 0.853. The van der Waals surface area contributed by atoms with Gasteiger partial charge in [0, 0.05) is 34.4 Å². The molecule has 0 fully saturated rings. The Morgan fingerprint density at radius 1 is 0.706 bits per heavy atom. The van der Waals surface area contributed by atoms with E-state index in [9.17, 15) is 0 Å². The number of hydrogen-bond donors (Lipinski definition) is 0. The van der Waals surface area contributed by atoms with Crippen LogP contribution >= 0.6 is 11.3 Å². The van der Waals surface area contributed by atoms with Crippen LogP contribution in [-0.2, 0) is 6.42 Å². The number of nitrogens with zero attached hydrogens (tertiary/aromatic N) is 3. The van der Waals surface area contributed by atoms with E-state index in [0.29, 0.717) is 5.56 Å². The fourth-order valence-electron chi connectivity index (χ4n) is 6.33. The summed E-state index contributed by atoms with van der Waals surface area (Å²) in [6.07, 6.45) is 7.30. The molecule has 0 atom stereocenters. The van der Waals surface area contributed by atoms with E-state index in [-0.39, 0.29) is 0 Å². The molecule has 5 heteroatoms. The van der Waals surface area contributed by atoms with Crippen LogP contribution < -0.4 is 4.90 Å². The average Bonchev–Trinajstić information content (AvgIpc) is 3.82. The molecule has 2 aromatic heterocycles. The summed E-state index contributed by atoms with van der Waals surface area (Å²) < 4.78 is 7.38. The van der Waals surface area contributed by atoms with Crippen LogP contribution in [0.25, 0.3) is 54.8 Å². The lowest BCUT2D eigenvalue weighted by molar-refractivity contribution is 0.631. The van der Waals surface area contributed by atoms with Crippen molar-refractivity contribution in [2.45, 2.75) is 13.3 Å². The third kappa shape index (κ3) is 6.74. The van der Waals surface area contributed by atoms with Gasteiger partial charge in [-0.3, -0.25) is 0 Å². The molecule has 0 bridgehead atoms. The van der Waals surface area contributed by atoms with Crippen molar-refractivity contribution in [1.29, 1.82) is 5.26 Å². The van der Waals surface area contributed by atoms with Gasteiger partial charge in [0.05, 0.1) is 26.9 Å². The van der Waals surface area contributed by atoms with Crippen molar-refractivity contribution in [3.63, 3.8) is 0 Å². The third-order valence-electron chi connectivity index (χ3n) is 9.00. The molecule has 0 aliphatic rings. The molecule has 8 rings (SSSR count). The Bertz CT molecular complexity index is 2480. The summed E-state index contributed by atoms with van der Waals surface area (Å²) in [5.41, 5.74) is 11.3. The Morgan fingerprint density at radius 2 is 1.27 bits per heavy atom. The topological polar surface area (TPSA) is 53.1 Å². The van der Waals surface area contributed by atoms with Gasteiger partial charge < -0.3 is 9.32 Å². The van der Waals surface area contributed by atoms with Crippen LogP contribution in [0.4, 0.5) is 11.4 Å². The average molecular weight is 676 g/mol. The Labute approximate surface area is 301 Å². The molecule has 6 aromatic carbocycles. The van der Waals surface area contributed by atoms with E-state index in [1.165, 1.54) is 4.70 Å². The number of hydrogen-bond acceptors (Lipinski definition) is 5. The number of aromatic nitrogens is 1. The number of furan rings is 1. The van der Waals surface area contributed by atoms with Gasteiger partial charge in [0.2, 0.25) is 0 Å². The maximum Gasteiger partial charge on any atom is 0.135 e. The molecular weight excluding hydrogens is 643 g/mol. The van der Waals surface area contributed by atoms with Crippen LogP contribution in [0.2, 0.25) is 0 Å². The fourth-order valence-corrected chi connectivity index (χ4v) is 7.27. The molecular formula is C46H33N3OS. The van der Waals surface area contributed by atoms with Crippen molar-refractivity contribution in [1.82, 2.24) is 4.98 Å². The molecule has 0 N–H and O–H groups in total. The molecule has 4 nitrogen and oxygen atoms in total. The van der Waals surface area contributed by atoms with E-state index in [2.05, 4.69) is 139 Å². The minimum atomic E-state index is 0.663. The summed E-state index contributed by atoms with van der Waals surface area (Å²) in [6, 6.07) is 54.2. The van der Waals surface area contributed by atoms with E-state index < -0.39 is 0 Å². The molecule has 244 valence electrons. The number of nitriles is 1. The predicted octanol–water partition coefficient (Wildman–Crippen LogP) is 12.8. The lowest BCUT2D eigenvalue weighted by atomic mass is 9.99. The minimum absolute atomic E-state index is 0.663. The van der Waals surface area contributed by atoms with Gasteiger partial charge in [0.15, 0.2) is 0 Å². The van der Waals surface area contributed by atoms with E-state index in [1.54, 1.807) is 11.3 Å². The molecule has 2 heterocycles. The van der Waals surface area contributed by atoms with Gasteiger partial charge in [-0.05, 0) is 108 Å². The van der Waals surface area contributed by atoms with Gasteiger partial charge in [-0.1, -0.05) is 91.0 Å². The van der Waals surface area contributed by atoms with Crippen molar-refractivity contribution < 1.29 is 4.42 Å². The lowest BCUT2D eigenvalue weighted by Gasteiger charge is -2.27. The van der Waals surface area contributed by atoms with Crippen LogP contribution in [-0.4, -0.2) is 4.98 Å². The normalized spacial score (nSPS) is 11.7. The molecule has 0 unspecified atom stereocenters. The molecule has 0 saturated heterocycles. The first kappa shape index (κ1) is 31.8. The lowest BCUT2D eigenvalue weighted by Crippen LogP contribution is -2.15. The van der Waals surface area contributed by atoms with Crippen LogP contribution in [0, 0.1) is 11.3 Å². The van der Waals surface area contributed by atoms with Crippen LogP contribution in [0.1, 0.15) is 17.5 Å². The van der Waals surface area contributed by atoms with Gasteiger partial charge in [-0.2, -0.15) is 5.26 Å². The van der Waals surface area contributed by atoms with Crippen molar-refractivity contribution >= 4 is 43.9 Å². The number of benzene rings is 6. The maximum absolute atomic E-state index is 9.14. The van der Waals surface area contributed by atoms with Crippen LogP contribution in [0.3, 0.4) is 0 Å². The van der Waals surface area contributed by atoms with Gasteiger partial charge in [0.1, 0.15) is 11.3 Å². The summed E-state index contributed by atoms with van der Waals surface area (Å²) in [7, 11) is 0. The van der Waals surface area contributed by atoms with Crippen molar-refractivity contribution in [3.05, 3.63) is 186 Å². The summed E-state index contributed by atoms with van der Waals surface area (Å²) >= 11 is 1.74. The summed E-state index contributed by atoms with van der Waals surface area (Å²) in [5, 5.41) is 11.3. The standard InChI is InChI=1S/C46H33N3OS/c1-2-39(9-7-13-46-48-42-10-4-6-12-45(42)51-46)49(41-28-24-37(25-29-41)44-30-38-8-3-5-11-43(38)50-44)40-26-22-36(23-27-40)35-20-18-34(19-21-35)33-16-14-32(31-47)15-17-33/h2-12,14-30H,13H2,1H3/b9-7-,39-2+. The SMILES string of the molecule is C/C=C(\C=C/Cc1nc2ccccc2s1)N(c1ccc(-c2ccc(-c3ccc(C#N)cc3)cc2)cc1)c1ccc(-c2cc3ccccc3o2)cc1. The number of thiazole rings is 1. The molecule has 0 spiro atoms. The molecule has 0 radical (unpaired) electrons. The zero-order chi connectivity index (χ0) is 34.6. The Hall–Kier alpha value is -6.48. The molecule has 8 aromatic rings. The monoisotopic (exact) mass is 675 g/mol. The molecule has 0 amide bonds. The van der Waals surface area contributed by atoms with Gasteiger partial charge in [-0.15, -0.1) is 11.3 Å². The second-order valence-electron chi connectivity index (χ2n) is 12.2. The highest BCUT2D eigenvalue weighted by molar-refractivity contribution is 7.18. The first-order chi connectivity index (χ1) is 25.1. The molecule has 51 heavy (non-hydrogen) atoms.